The Balaban J connectivity index is 2.60. The molecule has 0 atom stereocenters. The van der Waals surface area contributed by atoms with E-state index in [1.807, 2.05) is 0 Å². The van der Waals surface area contributed by atoms with Crippen LogP contribution in [0.25, 0.3) is 0 Å². The highest BCUT2D eigenvalue weighted by atomic mass is 35.5. The molecule has 0 radical (unpaired) electrons. The van der Waals surface area contributed by atoms with Crippen LogP contribution in [0.4, 0.5) is 23.7 Å². The molecular weight excluding hydrogens is 313 g/mol. The number of amides is 2. The molecule has 0 bridgehead atoms. The van der Waals surface area contributed by atoms with Crippen LogP contribution >= 0.6 is 11.6 Å². The van der Waals surface area contributed by atoms with Gasteiger partial charge in [-0.1, -0.05) is 11.6 Å². The van der Waals surface area contributed by atoms with Crippen LogP contribution in [0.3, 0.4) is 0 Å². The number of alkyl halides is 3. The molecule has 0 spiro atoms. The molecule has 0 aliphatic carbocycles. The molecule has 0 heterocycles. The molecular formula is C12H12ClF3N2O3. The lowest BCUT2D eigenvalue weighted by atomic mass is 10.2. The minimum Gasteiger partial charge on any atom is -0.481 e. The number of aliphatic carboxylic acids is 1. The number of carboxylic acids is 1. The van der Waals surface area contributed by atoms with Crippen LogP contribution in [0.1, 0.15) is 18.4 Å². The van der Waals surface area contributed by atoms with Gasteiger partial charge >= 0.3 is 18.2 Å². The van der Waals surface area contributed by atoms with Gasteiger partial charge in [0, 0.05) is 23.7 Å². The highest BCUT2D eigenvalue weighted by Crippen LogP contribution is 2.33. The second-order valence-corrected chi connectivity index (χ2v) is 4.54. The molecule has 1 aromatic rings. The minimum absolute atomic E-state index is 0.0881. The number of carboxylic acid groups (broad SMARTS) is 1. The summed E-state index contributed by atoms with van der Waals surface area (Å²) in [7, 11) is 0. The van der Waals surface area contributed by atoms with Crippen molar-refractivity contribution in [1.82, 2.24) is 5.32 Å². The third-order valence-corrected chi connectivity index (χ3v) is 2.55. The van der Waals surface area contributed by atoms with Crippen LogP contribution in [-0.4, -0.2) is 23.7 Å². The molecule has 0 fully saturated rings. The maximum atomic E-state index is 12.6. The number of carbonyl (C=O) groups is 2. The highest BCUT2D eigenvalue weighted by Gasteiger charge is 2.31. The van der Waals surface area contributed by atoms with Gasteiger partial charge < -0.3 is 15.7 Å². The Kier molecular flexibility index (Phi) is 5.83. The lowest BCUT2D eigenvalue weighted by molar-refractivity contribution is -0.138. The molecule has 0 unspecified atom stereocenters. The van der Waals surface area contributed by atoms with Crippen molar-refractivity contribution in [2.75, 3.05) is 11.9 Å². The lowest BCUT2D eigenvalue weighted by Crippen LogP contribution is -2.29. The molecule has 0 saturated heterocycles. The third-order valence-electron chi connectivity index (χ3n) is 2.34. The first-order chi connectivity index (χ1) is 9.68. The van der Waals surface area contributed by atoms with Crippen LogP contribution in [0, 0.1) is 0 Å². The standard InChI is InChI=1S/C12H12ClF3N2O3/c13-8-4-7(12(14,15)16)5-9(6-8)18-11(21)17-3-1-2-10(19)20/h4-6H,1-3H2,(H,19,20)(H2,17,18,21). The van der Waals surface area contributed by atoms with Gasteiger partial charge in [0.05, 0.1) is 5.56 Å². The molecule has 3 N–H and O–H groups in total. The smallest absolute Gasteiger partial charge is 0.416 e. The van der Waals surface area contributed by atoms with Crippen LogP contribution in [0.2, 0.25) is 5.02 Å². The summed E-state index contributed by atoms with van der Waals surface area (Å²) in [5, 5.41) is 12.8. The number of benzene rings is 1. The van der Waals surface area contributed by atoms with Crippen LogP contribution < -0.4 is 10.6 Å². The van der Waals surface area contributed by atoms with Crippen LogP contribution in [0.15, 0.2) is 18.2 Å². The third kappa shape index (κ3) is 6.35. The zero-order valence-corrected chi connectivity index (χ0v) is 11.4. The van der Waals surface area contributed by atoms with Crippen LogP contribution in [0.5, 0.6) is 0 Å². The van der Waals surface area contributed by atoms with Gasteiger partial charge in [-0.25, -0.2) is 4.79 Å². The predicted molar refractivity (Wildman–Crippen MR) is 70.3 cm³/mol. The predicted octanol–water partition coefficient (Wildman–Crippen LogP) is 3.35. The Bertz CT molecular complexity index is 535. The fraction of sp³-hybridized carbons (Fsp3) is 0.333. The van der Waals surface area contributed by atoms with Crippen LogP contribution in [-0.2, 0) is 11.0 Å². The van der Waals surface area contributed by atoms with Crippen molar-refractivity contribution >= 4 is 29.3 Å². The molecule has 0 aromatic heterocycles. The van der Waals surface area contributed by atoms with E-state index in [9.17, 15) is 22.8 Å². The van der Waals surface area contributed by atoms with E-state index in [0.717, 1.165) is 12.1 Å². The average Bonchev–Trinajstić information content (AvgIpc) is 2.32. The summed E-state index contributed by atoms with van der Waals surface area (Å²) in [6.07, 6.45) is -4.47. The Labute approximate surface area is 123 Å². The SMILES string of the molecule is O=C(O)CCCNC(=O)Nc1cc(Cl)cc(C(F)(F)F)c1. The maximum Gasteiger partial charge on any atom is 0.416 e. The summed E-state index contributed by atoms with van der Waals surface area (Å²) in [5.74, 6) is -0.998. The second-order valence-electron chi connectivity index (χ2n) is 4.10. The number of urea groups is 1. The number of nitrogens with one attached hydrogen (secondary N) is 2. The first-order valence-electron chi connectivity index (χ1n) is 5.83. The van der Waals surface area contributed by atoms with Gasteiger partial charge in [0.25, 0.3) is 0 Å². The molecule has 0 aliphatic heterocycles. The fourth-order valence-electron chi connectivity index (χ4n) is 1.44. The molecule has 116 valence electrons. The molecule has 1 rings (SSSR count). The van der Waals surface area contributed by atoms with Crippen molar-refractivity contribution < 1.29 is 27.9 Å². The Morgan fingerprint density at radius 2 is 1.90 bits per heavy atom. The summed E-state index contributed by atoms with van der Waals surface area (Å²) in [6.45, 7) is 0.0881. The van der Waals surface area contributed by atoms with E-state index in [0.29, 0.717) is 0 Å². The van der Waals surface area contributed by atoms with Crippen molar-refractivity contribution in [2.24, 2.45) is 0 Å². The summed E-state index contributed by atoms with van der Waals surface area (Å²) in [6, 6.07) is 1.93. The molecule has 0 saturated carbocycles. The maximum absolute atomic E-state index is 12.6. The van der Waals surface area contributed by atoms with Gasteiger partial charge in [-0.2, -0.15) is 13.2 Å². The summed E-state index contributed by atoms with van der Waals surface area (Å²) < 4.78 is 37.7. The minimum atomic E-state index is -4.57. The number of anilines is 1. The quantitative estimate of drug-likeness (QED) is 0.727. The van der Waals surface area contributed by atoms with E-state index in [1.165, 1.54) is 6.07 Å². The van der Waals surface area contributed by atoms with Crippen molar-refractivity contribution in [3.05, 3.63) is 28.8 Å². The molecule has 5 nitrogen and oxygen atoms in total. The Morgan fingerprint density at radius 1 is 1.24 bits per heavy atom. The van der Waals surface area contributed by atoms with Crippen molar-refractivity contribution in [1.29, 1.82) is 0 Å². The van der Waals surface area contributed by atoms with Crippen molar-refractivity contribution in [2.45, 2.75) is 19.0 Å². The highest BCUT2D eigenvalue weighted by molar-refractivity contribution is 6.31. The van der Waals surface area contributed by atoms with Gasteiger partial charge in [0.15, 0.2) is 0 Å². The summed E-state index contributed by atoms with van der Waals surface area (Å²) in [4.78, 5) is 21.7. The molecule has 9 heteroatoms. The number of hydrogen-bond donors (Lipinski definition) is 3. The zero-order chi connectivity index (χ0) is 16.0. The monoisotopic (exact) mass is 324 g/mol. The molecule has 1 aromatic carbocycles. The normalized spacial score (nSPS) is 11.0. The van der Waals surface area contributed by atoms with Gasteiger partial charge in [-0.3, -0.25) is 4.79 Å². The average molecular weight is 325 g/mol. The summed E-state index contributed by atoms with van der Waals surface area (Å²) >= 11 is 5.56. The van der Waals surface area contributed by atoms with E-state index in [4.69, 9.17) is 16.7 Å². The van der Waals surface area contributed by atoms with Gasteiger partial charge in [0.2, 0.25) is 0 Å². The number of hydrogen-bond acceptors (Lipinski definition) is 2. The van der Waals surface area contributed by atoms with Gasteiger partial charge in [0.1, 0.15) is 0 Å². The first-order valence-corrected chi connectivity index (χ1v) is 6.20. The van der Waals surface area contributed by atoms with Crippen molar-refractivity contribution in [3.8, 4) is 0 Å². The molecule has 21 heavy (non-hydrogen) atoms. The first kappa shape index (κ1) is 17.1. The van der Waals surface area contributed by atoms with E-state index in [2.05, 4.69) is 10.6 Å². The second kappa shape index (κ2) is 7.16. The molecule has 2 amide bonds. The Morgan fingerprint density at radius 3 is 2.48 bits per heavy atom. The largest absolute Gasteiger partial charge is 0.481 e. The van der Waals surface area contributed by atoms with Gasteiger partial charge in [-0.15, -0.1) is 0 Å². The van der Waals surface area contributed by atoms with E-state index in [-0.39, 0.29) is 30.1 Å². The lowest BCUT2D eigenvalue weighted by Gasteiger charge is -2.11. The summed E-state index contributed by atoms with van der Waals surface area (Å²) in [5.41, 5.74) is -1.08. The topological polar surface area (TPSA) is 78.4 Å². The van der Waals surface area contributed by atoms with Crippen molar-refractivity contribution in [3.63, 3.8) is 0 Å². The Hall–Kier alpha value is -1.96. The molecule has 0 aliphatic rings. The van der Waals surface area contributed by atoms with E-state index in [1.54, 1.807) is 0 Å². The number of rotatable bonds is 5. The fourth-order valence-corrected chi connectivity index (χ4v) is 1.68. The zero-order valence-electron chi connectivity index (χ0n) is 10.6. The number of carbonyl (C=O) groups excluding carboxylic acids is 1. The van der Waals surface area contributed by atoms with E-state index >= 15 is 0 Å². The van der Waals surface area contributed by atoms with Gasteiger partial charge in [-0.05, 0) is 24.6 Å². The number of halogens is 4. The van der Waals surface area contributed by atoms with E-state index < -0.39 is 23.7 Å².